The molecule has 0 saturated carbocycles. The van der Waals surface area contributed by atoms with E-state index in [0.29, 0.717) is 5.56 Å². The highest BCUT2D eigenvalue weighted by Crippen LogP contribution is 2.33. The Kier molecular flexibility index (Phi) is 4.66. The van der Waals surface area contributed by atoms with Crippen molar-refractivity contribution in [1.82, 2.24) is 5.01 Å². The molecule has 0 aliphatic carbocycles. The molecule has 0 unspecified atom stereocenters. The lowest BCUT2D eigenvalue weighted by Crippen LogP contribution is -2.09. The lowest BCUT2D eigenvalue weighted by Gasteiger charge is -2.11. The standard InChI is InChI=1S/C18H19N3O2/c1-23-18(22)16-10-3-2-8-14(16)15-9-4-5-11-17(15)19-20-21-12-6-7-13-21/h2-5,8-11H,6-7,12-13H2,1H3. The molecule has 2 aromatic carbocycles. The third kappa shape index (κ3) is 3.39. The van der Waals surface area contributed by atoms with E-state index in [-0.39, 0.29) is 5.97 Å². The monoisotopic (exact) mass is 309 g/mol. The number of hydrogen-bond donors (Lipinski definition) is 0. The SMILES string of the molecule is COC(=O)c1ccccc1-c1ccccc1N=NN1CCCC1. The van der Waals surface area contributed by atoms with Crippen LogP contribution in [-0.4, -0.2) is 31.2 Å². The summed E-state index contributed by atoms with van der Waals surface area (Å²) in [4.78, 5) is 12.0. The number of carbonyl (C=O) groups is 1. The van der Waals surface area contributed by atoms with Gasteiger partial charge in [-0.1, -0.05) is 41.6 Å². The van der Waals surface area contributed by atoms with Gasteiger partial charge in [0.05, 0.1) is 18.4 Å². The van der Waals surface area contributed by atoms with E-state index in [1.54, 1.807) is 6.07 Å². The highest BCUT2D eigenvalue weighted by Gasteiger charge is 2.15. The van der Waals surface area contributed by atoms with Gasteiger partial charge in [-0.25, -0.2) is 4.79 Å². The first-order valence-corrected chi connectivity index (χ1v) is 7.73. The summed E-state index contributed by atoms with van der Waals surface area (Å²) in [5, 5.41) is 10.7. The van der Waals surface area contributed by atoms with E-state index in [0.717, 1.165) is 42.7 Å². The Balaban J connectivity index is 1.99. The molecule has 0 amide bonds. The minimum absolute atomic E-state index is 0.355. The summed E-state index contributed by atoms with van der Waals surface area (Å²) in [6, 6.07) is 15.1. The molecule has 2 aromatic rings. The zero-order valence-corrected chi connectivity index (χ0v) is 13.1. The van der Waals surface area contributed by atoms with E-state index >= 15 is 0 Å². The predicted molar refractivity (Wildman–Crippen MR) is 88.5 cm³/mol. The highest BCUT2D eigenvalue weighted by molar-refractivity contribution is 5.98. The van der Waals surface area contributed by atoms with Crippen LogP contribution in [0.2, 0.25) is 0 Å². The maximum atomic E-state index is 12.0. The second kappa shape index (κ2) is 7.05. The normalized spacial score (nSPS) is 14.4. The summed E-state index contributed by atoms with van der Waals surface area (Å²) in [6.45, 7) is 1.90. The predicted octanol–water partition coefficient (Wildman–Crippen LogP) is 4.23. The Morgan fingerprint density at radius 1 is 1.00 bits per heavy atom. The topological polar surface area (TPSA) is 54.3 Å². The number of carbonyl (C=O) groups excluding carboxylic acids is 1. The van der Waals surface area contributed by atoms with Crippen LogP contribution in [-0.2, 0) is 4.74 Å². The number of hydrogen-bond acceptors (Lipinski definition) is 4. The molecule has 5 nitrogen and oxygen atoms in total. The highest BCUT2D eigenvalue weighted by atomic mass is 16.5. The van der Waals surface area contributed by atoms with E-state index in [1.165, 1.54) is 7.11 Å². The minimum Gasteiger partial charge on any atom is -0.465 e. The average Bonchev–Trinajstić information content (AvgIpc) is 3.13. The summed E-state index contributed by atoms with van der Waals surface area (Å²) in [5.74, 6) is -0.355. The fraction of sp³-hybridized carbons (Fsp3) is 0.278. The third-order valence-electron chi connectivity index (χ3n) is 3.89. The Labute approximate surface area is 135 Å². The number of rotatable bonds is 4. The summed E-state index contributed by atoms with van der Waals surface area (Å²) in [7, 11) is 1.39. The first kappa shape index (κ1) is 15.2. The Bertz CT molecular complexity index is 722. The van der Waals surface area contributed by atoms with Gasteiger partial charge in [-0.3, -0.25) is 5.01 Å². The summed E-state index contributed by atoms with van der Waals surface area (Å²) in [6.07, 6.45) is 2.32. The van der Waals surface area contributed by atoms with Gasteiger partial charge >= 0.3 is 5.97 Å². The minimum atomic E-state index is -0.355. The van der Waals surface area contributed by atoms with Crippen LogP contribution in [0.4, 0.5) is 5.69 Å². The Hall–Kier alpha value is -2.69. The number of methoxy groups -OCH3 is 1. The molecule has 23 heavy (non-hydrogen) atoms. The molecule has 1 aliphatic rings. The van der Waals surface area contributed by atoms with E-state index in [9.17, 15) is 4.79 Å². The molecule has 0 radical (unpaired) electrons. The Morgan fingerprint density at radius 3 is 2.39 bits per heavy atom. The van der Waals surface area contributed by atoms with Gasteiger partial charge in [-0.2, -0.15) is 0 Å². The van der Waals surface area contributed by atoms with Gasteiger partial charge in [0.1, 0.15) is 0 Å². The van der Waals surface area contributed by atoms with Crippen molar-refractivity contribution in [2.45, 2.75) is 12.8 Å². The van der Waals surface area contributed by atoms with Crippen molar-refractivity contribution in [3.63, 3.8) is 0 Å². The van der Waals surface area contributed by atoms with Crippen LogP contribution in [0.3, 0.4) is 0 Å². The second-order valence-electron chi connectivity index (χ2n) is 5.40. The van der Waals surface area contributed by atoms with Crippen molar-refractivity contribution in [2.75, 3.05) is 20.2 Å². The molecule has 1 fully saturated rings. The van der Waals surface area contributed by atoms with E-state index in [2.05, 4.69) is 10.3 Å². The molecule has 1 heterocycles. The van der Waals surface area contributed by atoms with Crippen molar-refractivity contribution >= 4 is 11.7 Å². The zero-order chi connectivity index (χ0) is 16.1. The lowest BCUT2D eigenvalue weighted by atomic mass is 9.98. The van der Waals surface area contributed by atoms with Gasteiger partial charge in [-0.15, -0.1) is 5.11 Å². The van der Waals surface area contributed by atoms with E-state index in [4.69, 9.17) is 4.74 Å². The van der Waals surface area contributed by atoms with Crippen LogP contribution in [0.1, 0.15) is 23.2 Å². The maximum Gasteiger partial charge on any atom is 0.338 e. The molecule has 118 valence electrons. The van der Waals surface area contributed by atoms with Gasteiger partial charge in [0, 0.05) is 18.7 Å². The summed E-state index contributed by atoms with van der Waals surface area (Å²) >= 11 is 0. The van der Waals surface area contributed by atoms with E-state index in [1.807, 2.05) is 47.5 Å². The van der Waals surface area contributed by atoms with Crippen molar-refractivity contribution < 1.29 is 9.53 Å². The number of benzene rings is 2. The maximum absolute atomic E-state index is 12.0. The fourth-order valence-electron chi connectivity index (χ4n) is 2.70. The molecular weight excluding hydrogens is 290 g/mol. The molecule has 0 bridgehead atoms. The number of ether oxygens (including phenoxy) is 1. The zero-order valence-electron chi connectivity index (χ0n) is 13.1. The lowest BCUT2D eigenvalue weighted by molar-refractivity contribution is 0.0601. The second-order valence-corrected chi connectivity index (χ2v) is 5.40. The van der Waals surface area contributed by atoms with Crippen molar-refractivity contribution in [3.8, 4) is 11.1 Å². The number of nitrogens with zero attached hydrogens (tertiary/aromatic N) is 3. The molecule has 0 spiro atoms. The van der Waals surface area contributed by atoms with Crippen LogP contribution < -0.4 is 0 Å². The first-order valence-electron chi connectivity index (χ1n) is 7.73. The molecule has 0 aromatic heterocycles. The summed E-state index contributed by atoms with van der Waals surface area (Å²) < 4.78 is 4.88. The largest absolute Gasteiger partial charge is 0.465 e. The first-order chi connectivity index (χ1) is 11.3. The third-order valence-corrected chi connectivity index (χ3v) is 3.89. The molecular formula is C18H19N3O2. The van der Waals surface area contributed by atoms with Gasteiger partial charge in [0.2, 0.25) is 0 Å². The smallest absolute Gasteiger partial charge is 0.338 e. The molecule has 1 saturated heterocycles. The van der Waals surface area contributed by atoms with Crippen molar-refractivity contribution in [3.05, 3.63) is 54.1 Å². The van der Waals surface area contributed by atoms with Crippen LogP contribution >= 0.6 is 0 Å². The van der Waals surface area contributed by atoms with Crippen LogP contribution in [0.5, 0.6) is 0 Å². The van der Waals surface area contributed by atoms with Gasteiger partial charge < -0.3 is 4.74 Å². The van der Waals surface area contributed by atoms with Gasteiger partial charge in [-0.05, 0) is 30.5 Å². The summed E-state index contributed by atoms with van der Waals surface area (Å²) in [5.41, 5.74) is 2.95. The molecule has 0 N–H and O–H groups in total. The average molecular weight is 309 g/mol. The fourth-order valence-corrected chi connectivity index (χ4v) is 2.70. The molecule has 0 atom stereocenters. The van der Waals surface area contributed by atoms with Crippen LogP contribution in [0.25, 0.3) is 11.1 Å². The molecule has 5 heteroatoms. The molecule has 3 rings (SSSR count). The van der Waals surface area contributed by atoms with Crippen molar-refractivity contribution in [1.29, 1.82) is 0 Å². The van der Waals surface area contributed by atoms with Crippen LogP contribution in [0, 0.1) is 0 Å². The van der Waals surface area contributed by atoms with Crippen molar-refractivity contribution in [2.24, 2.45) is 10.3 Å². The number of esters is 1. The van der Waals surface area contributed by atoms with E-state index < -0.39 is 0 Å². The Morgan fingerprint density at radius 2 is 1.65 bits per heavy atom. The van der Waals surface area contributed by atoms with Crippen LogP contribution in [0.15, 0.2) is 58.9 Å². The quantitative estimate of drug-likeness (QED) is 0.627. The van der Waals surface area contributed by atoms with Gasteiger partial charge in [0.25, 0.3) is 0 Å². The molecule has 1 aliphatic heterocycles. The van der Waals surface area contributed by atoms with Gasteiger partial charge in [0.15, 0.2) is 0 Å².